The van der Waals surface area contributed by atoms with Gasteiger partial charge >= 0.3 is 0 Å². The van der Waals surface area contributed by atoms with Gasteiger partial charge in [0.05, 0.1) is 0 Å². The Morgan fingerprint density at radius 3 is 2.00 bits per heavy atom. The van der Waals surface area contributed by atoms with Gasteiger partial charge in [0.15, 0.2) is 0 Å². The second kappa shape index (κ2) is 8.34. The summed E-state index contributed by atoms with van der Waals surface area (Å²) in [6, 6.07) is 0. The molecule has 0 N–H and O–H groups in total. The first-order valence-electron chi connectivity index (χ1n) is 7.33. The lowest BCUT2D eigenvalue weighted by molar-refractivity contribution is 0.699. The van der Waals surface area contributed by atoms with Crippen LogP contribution in [-0.4, -0.2) is 0 Å². The van der Waals surface area contributed by atoms with E-state index in [1.54, 1.807) is 5.57 Å². The average molecular weight is 248 g/mol. The van der Waals surface area contributed by atoms with E-state index in [4.69, 9.17) is 0 Å². The maximum atomic E-state index is 2.45. The number of rotatable bonds is 6. The van der Waals surface area contributed by atoms with E-state index in [1.807, 2.05) is 0 Å². The maximum absolute atomic E-state index is 2.45. The maximum Gasteiger partial charge on any atom is -0.0217 e. The van der Waals surface area contributed by atoms with Crippen molar-refractivity contribution in [2.45, 2.75) is 68.2 Å². The Kier molecular flexibility index (Phi) is 7.98. The van der Waals surface area contributed by atoms with E-state index in [-0.39, 0.29) is 0 Å². The van der Waals surface area contributed by atoms with Crippen molar-refractivity contribution in [2.24, 2.45) is 11.8 Å². The first-order chi connectivity index (χ1) is 8.33. The molecule has 0 radical (unpaired) electrons. The fraction of sp³-hybridized carbons (Fsp3) is 0.667. The zero-order valence-electron chi connectivity index (χ0n) is 13.7. The Bertz CT molecular complexity index is 337. The highest BCUT2D eigenvalue weighted by Crippen LogP contribution is 2.26. The molecule has 0 heterocycles. The highest BCUT2D eigenvalue weighted by atomic mass is 14.2. The van der Waals surface area contributed by atoms with Crippen LogP contribution in [0.4, 0.5) is 0 Å². The molecule has 0 aliphatic rings. The molecule has 0 spiro atoms. The van der Waals surface area contributed by atoms with Crippen LogP contribution in [0.15, 0.2) is 34.4 Å². The van der Waals surface area contributed by atoms with Crippen molar-refractivity contribution in [2.75, 3.05) is 0 Å². The van der Waals surface area contributed by atoms with Crippen LogP contribution in [0.2, 0.25) is 0 Å². The minimum absolute atomic E-state index is 0.621. The smallest absolute Gasteiger partial charge is 0.0217 e. The van der Waals surface area contributed by atoms with E-state index in [0.717, 1.165) is 6.42 Å². The summed E-state index contributed by atoms with van der Waals surface area (Å²) in [5.41, 5.74) is 6.05. The Balaban J connectivity index is 5.05. The van der Waals surface area contributed by atoms with Gasteiger partial charge in [-0.3, -0.25) is 0 Å². The number of hydrogen-bond acceptors (Lipinski definition) is 0. The summed E-state index contributed by atoms with van der Waals surface area (Å²) in [5.74, 6) is 1.25. The van der Waals surface area contributed by atoms with Gasteiger partial charge in [-0.05, 0) is 57.9 Å². The molecule has 0 heteroatoms. The number of hydrogen-bond donors (Lipinski definition) is 0. The van der Waals surface area contributed by atoms with Gasteiger partial charge < -0.3 is 0 Å². The summed E-state index contributed by atoms with van der Waals surface area (Å²) in [5, 5.41) is 0. The van der Waals surface area contributed by atoms with Gasteiger partial charge in [0.1, 0.15) is 0 Å². The molecule has 0 aromatic heterocycles. The molecule has 18 heavy (non-hydrogen) atoms. The van der Waals surface area contributed by atoms with Gasteiger partial charge in [-0.1, -0.05) is 56.6 Å². The van der Waals surface area contributed by atoms with Gasteiger partial charge in [-0.15, -0.1) is 0 Å². The third-order valence-electron chi connectivity index (χ3n) is 3.66. The van der Waals surface area contributed by atoms with Gasteiger partial charge in [0.25, 0.3) is 0 Å². The van der Waals surface area contributed by atoms with Crippen LogP contribution in [0.5, 0.6) is 0 Å². The fourth-order valence-corrected chi connectivity index (χ4v) is 2.68. The highest BCUT2D eigenvalue weighted by Gasteiger charge is 2.10. The van der Waals surface area contributed by atoms with Crippen LogP contribution < -0.4 is 0 Å². The molecular formula is C18H32. The Morgan fingerprint density at radius 2 is 1.61 bits per heavy atom. The van der Waals surface area contributed by atoms with Crippen molar-refractivity contribution in [3.8, 4) is 0 Å². The standard InChI is InChI=1S/C18H32/c1-9-14(5)11-15(6)12-17(8)18(13(3)4)16(7)10-2/h9,12-13,15H,10-11H2,1-8H3. The molecule has 0 fully saturated rings. The molecule has 0 aliphatic carbocycles. The second-order valence-electron chi connectivity index (χ2n) is 5.87. The van der Waals surface area contributed by atoms with Gasteiger partial charge in [0.2, 0.25) is 0 Å². The first kappa shape index (κ1) is 17.2. The Hall–Kier alpha value is -0.780. The highest BCUT2D eigenvalue weighted by molar-refractivity contribution is 5.35. The molecule has 0 aromatic carbocycles. The predicted octanol–water partition coefficient (Wildman–Crippen LogP) is 6.31. The molecule has 0 saturated carbocycles. The molecule has 0 bridgehead atoms. The molecule has 104 valence electrons. The zero-order valence-corrected chi connectivity index (χ0v) is 13.7. The van der Waals surface area contributed by atoms with E-state index in [0.29, 0.717) is 11.8 Å². The van der Waals surface area contributed by atoms with Crippen molar-refractivity contribution in [3.63, 3.8) is 0 Å². The van der Waals surface area contributed by atoms with E-state index in [9.17, 15) is 0 Å². The van der Waals surface area contributed by atoms with Crippen LogP contribution >= 0.6 is 0 Å². The van der Waals surface area contributed by atoms with Crippen molar-refractivity contribution in [1.82, 2.24) is 0 Å². The molecule has 0 rings (SSSR count). The first-order valence-corrected chi connectivity index (χ1v) is 7.33. The monoisotopic (exact) mass is 248 g/mol. The molecule has 1 atom stereocenters. The molecule has 0 aliphatic heterocycles. The summed E-state index contributed by atoms with van der Waals surface area (Å²) in [6.45, 7) is 18.1. The minimum Gasteiger partial charge on any atom is -0.0887 e. The van der Waals surface area contributed by atoms with Gasteiger partial charge in [-0.25, -0.2) is 0 Å². The lowest BCUT2D eigenvalue weighted by atomic mass is 9.88. The lowest BCUT2D eigenvalue weighted by Crippen LogP contribution is -2.02. The predicted molar refractivity (Wildman–Crippen MR) is 84.8 cm³/mol. The number of allylic oxidation sites excluding steroid dienone is 6. The summed E-state index contributed by atoms with van der Waals surface area (Å²) >= 11 is 0. The van der Waals surface area contributed by atoms with Crippen molar-refractivity contribution in [1.29, 1.82) is 0 Å². The van der Waals surface area contributed by atoms with Gasteiger partial charge in [-0.2, -0.15) is 0 Å². The van der Waals surface area contributed by atoms with Crippen LogP contribution in [-0.2, 0) is 0 Å². The zero-order chi connectivity index (χ0) is 14.3. The van der Waals surface area contributed by atoms with Crippen molar-refractivity contribution >= 4 is 0 Å². The van der Waals surface area contributed by atoms with E-state index >= 15 is 0 Å². The fourth-order valence-electron chi connectivity index (χ4n) is 2.68. The third kappa shape index (κ3) is 5.71. The Labute approximate surface area is 115 Å². The lowest BCUT2D eigenvalue weighted by Gasteiger charge is -2.18. The van der Waals surface area contributed by atoms with Gasteiger partial charge in [0, 0.05) is 0 Å². The van der Waals surface area contributed by atoms with Crippen molar-refractivity contribution in [3.05, 3.63) is 34.4 Å². The quantitative estimate of drug-likeness (QED) is 0.382. The van der Waals surface area contributed by atoms with Crippen LogP contribution in [0, 0.1) is 11.8 Å². The summed E-state index contributed by atoms with van der Waals surface area (Å²) in [6.07, 6.45) is 6.99. The molecular weight excluding hydrogens is 216 g/mol. The average Bonchev–Trinajstić information content (AvgIpc) is 2.27. The van der Waals surface area contributed by atoms with Crippen LogP contribution in [0.1, 0.15) is 68.2 Å². The molecule has 0 amide bonds. The molecule has 0 nitrogen and oxygen atoms in total. The molecule has 0 aromatic rings. The SMILES string of the molecule is CC=C(C)CC(C)C=C(C)C(=C(C)CC)C(C)C. The van der Waals surface area contributed by atoms with Crippen molar-refractivity contribution < 1.29 is 0 Å². The third-order valence-corrected chi connectivity index (χ3v) is 3.66. The summed E-state index contributed by atoms with van der Waals surface area (Å²) < 4.78 is 0. The minimum atomic E-state index is 0.621. The Morgan fingerprint density at radius 1 is 1.06 bits per heavy atom. The van der Waals surface area contributed by atoms with Crippen LogP contribution in [0.25, 0.3) is 0 Å². The topological polar surface area (TPSA) is 0 Å². The van der Waals surface area contributed by atoms with E-state index < -0.39 is 0 Å². The second-order valence-corrected chi connectivity index (χ2v) is 5.87. The summed E-state index contributed by atoms with van der Waals surface area (Å²) in [7, 11) is 0. The van der Waals surface area contributed by atoms with E-state index in [1.165, 1.54) is 23.1 Å². The van der Waals surface area contributed by atoms with E-state index in [2.05, 4.69) is 67.5 Å². The summed E-state index contributed by atoms with van der Waals surface area (Å²) in [4.78, 5) is 0. The normalized spacial score (nSPS) is 16.9. The molecule has 0 saturated heterocycles. The van der Waals surface area contributed by atoms with Crippen LogP contribution in [0.3, 0.4) is 0 Å². The largest absolute Gasteiger partial charge is 0.0887 e. The molecule has 1 unspecified atom stereocenters.